The van der Waals surface area contributed by atoms with Gasteiger partial charge < -0.3 is 34.2 Å². The van der Waals surface area contributed by atoms with Crippen molar-refractivity contribution in [3.8, 4) is 28.7 Å². The SMILES string of the molecule is CCOCc1c(O)c(C(=O)N2CCN(C)CC2)c(C)c2c1OC(=O)c1c(C)cc(O)c(C=O)c1O2. The van der Waals surface area contributed by atoms with E-state index >= 15 is 0 Å². The summed E-state index contributed by atoms with van der Waals surface area (Å²) in [6, 6.07) is 1.27. The molecule has 1 saturated heterocycles. The van der Waals surface area contributed by atoms with Crippen molar-refractivity contribution in [2.24, 2.45) is 0 Å². The first kappa shape index (κ1) is 24.5. The average Bonchev–Trinajstić information content (AvgIpc) is 2.96. The summed E-state index contributed by atoms with van der Waals surface area (Å²) in [5.41, 5.74) is 0.408. The normalized spacial score (nSPS) is 15.5. The molecule has 2 aromatic carbocycles. The maximum absolute atomic E-state index is 13.5. The van der Waals surface area contributed by atoms with Gasteiger partial charge in [0.25, 0.3) is 5.91 Å². The van der Waals surface area contributed by atoms with Crippen molar-refractivity contribution in [1.82, 2.24) is 9.80 Å². The minimum absolute atomic E-state index is 0.00446. The molecule has 2 N–H and O–H groups in total. The van der Waals surface area contributed by atoms with Crippen molar-refractivity contribution in [2.45, 2.75) is 27.4 Å². The van der Waals surface area contributed by atoms with Crippen LogP contribution in [0.3, 0.4) is 0 Å². The molecule has 1 fully saturated rings. The summed E-state index contributed by atoms with van der Waals surface area (Å²) in [4.78, 5) is 42.2. The number of hydrogen-bond acceptors (Lipinski definition) is 9. The van der Waals surface area contributed by atoms with Gasteiger partial charge in [-0.25, -0.2) is 4.79 Å². The second kappa shape index (κ2) is 9.55. The van der Waals surface area contributed by atoms with Gasteiger partial charge in [-0.3, -0.25) is 9.59 Å². The lowest BCUT2D eigenvalue weighted by Crippen LogP contribution is -2.47. The Kier molecular flexibility index (Phi) is 6.68. The highest BCUT2D eigenvalue weighted by atomic mass is 16.6. The Morgan fingerprint density at radius 2 is 1.80 bits per heavy atom. The van der Waals surface area contributed by atoms with Crippen LogP contribution < -0.4 is 9.47 Å². The van der Waals surface area contributed by atoms with Crippen LogP contribution in [0.25, 0.3) is 0 Å². The Morgan fingerprint density at radius 1 is 1.11 bits per heavy atom. The van der Waals surface area contributed by atoms with Gasteiger partial charge in [0.15, 0.2) is 23.5 Å². The molecule has 0 saturated carbocycles. The first-order valence-electron chi connectivity index (χ1n) is 11.3. The molecule has 0 bridgehead atoms. The van der Waals surface area contributed by atoms with Crippen molar-refractivity contribution in [3.63, 3.8) is 0 Å². The molecule has 0 aliphatic carbocycles. The molecule has 0 aromatic heterocycles. The third-order valence-corrected chi connectivity index (χ3v) is 6.39. The number of aryl methyl sites for hydroxylation is 1. The largest absolute Gasteiger partial charge is 0.507 e. The van der Waals surface area contributed by atoms with Crippen LogP contribution in [0.2, 0.25) is 0 Å². The van der Waals surface area contributed by atoms with Crippen molar-refractivity contribution in [3.05, 3.63) is 39.4 Å². The quantitative estimate of drug-likeness (QED) is 0.374. The number of carbonyl (C=O) groups is 3. The molecule has 10 nitrogen and oxygen atoms in total. The first-order chi connectivity index (χ1) is 16.7. The van der Waals surface area contributed by atoms with Crippen molar-refractivity contribution in [1.29, 1.82) is 0 Å². The molecule has 0 unspecified atom stereocenters. The van der Waals surface area contributed by atoms with Crippen LogP contribution in [0, 0.1) is 13.8 Å². The zero-order chi connectivity index (χ0) is 25.4. The number of hydrogen-bond donors (Lipinski definition) is 2. The van der Waals surface area contributed by atoms with Gasteiger partial charge in [-0.1, -0.05) is 0 Å². The standard InChI is InChI=1S/C25H28N2O8/c1-5-33-12-16-20(30)19(24(31)27-8-6-26(4)7-9-27)14(3)21-23(16)35-25(32)18-13(2)10-17(29)15(11-28)22(18)34-21/h10-11,29-30H,5-9,12H2,1-4H3. The van der Waals surface area contributed by atoms with Crippen LogP contribution in [0.4, 0.5) is 0 Å². The molecule has 35 heavy (non-hydrogen) atoms. The number of likely N-dealkylation sites (N-methyl/N-ethyl adjacent to an activating group) is 1. The number of nitrogens with zero attached hydrogens (tertiary/aromatic N) is 2. The zero-order valence-electron chi connectivity index (χ0n) is 20.1. The summed E-state index contributed by atoms with van der Waals surface area (Å²) >= 11 is 0. The highest BCUT2D eigenvalue weighted by molar-refractivity contribution is 6.04. The highest BCUT2D eigenvalue weighted by Crippen LogP contribution is 2.50. The van der Waals surface area contributed by atoms with Crippen molar-refractivity contribution < 1.29 is 38.8 Å². The number of carbonyl (C=O) groups excluding carboxylic acids is 3. The molecule has 186 valence electrons. The Hall–Kier alpha value is -3.63. The number of aromatic hydroxyl groups is 2. The minimum atomic E-state index is -0.825. The van der Waals surface area contributed by atoms with Crippen LogP contribution in [0.15, 0.2) is 6.07 Å². The number of ether oxygens (including phenoxy) is 3. The lowest BCUT2D eigenvalue weighted by atomic mass is 9.99. The van der Waals surface area contributed by atoms with E-state index in [0.29, 0.717) is 44.6 Å². The molecular weight excluding hydrogens is 456 g/mol. The van der Waals surface area contributed by atoms with Gasteiger partial charge in [0, 0.05) is 38.3 Å². The van der Waals surface area contributed by atoms with E-state index in [1.807, 2.05) is 7.05 Å². The van der Waals surface area contributed by atoms with Crippen LogP contribution in [-0.2, 0) is 11.3 Å². The fraction of sp³-hybridized carbons (Fsp3) is 0.400. The fourth-order valence-corrected chi connectivity index (χ4v) is 4.36. The maximum Gasteiger partial charge on any atom is 0.347 e. The van der Waals surface area contributed by atoms with E-state index in [0.717, 1.165) is 0 Å². The number of phenolic OH excluding ortho intramolecular Hbond substituents is 2. The van der Waals surface area contributed by atoms with Crippen LogP contribution in [-0.4, -0.2) is 78.0 Å². The summed E-state index contributed by atoms with van der Waals surface area (Å²) < 4.78 is 17.2. The predicted octanol–water partition coefficient (Wildman–Crippen LogP) is 2.78. The molecule has 4 rings (SSSR count). The topological polar surface area (TPSA) is 126 Å². The molecule has 2 aliphatic rings. The summed E-state index contributed by atoms with van der Waals surface area (Å²) in [5, 5.41) is 21.5. The second-order valence-electron chi connectivity index (χ2n) is 8.66. The van der Waals surface area contributed by atoms with E-state index in [4.69, 9.17) is 14.2 Å². The Labute approximate surface area is 202 Å². The highest BCUT2D eigenvalue weighted by Gasteiger charge is 2.36. The molecule has 2 aromatic rings. The van der Waals surface area contributed by atoms with Crippen LogP contribution >= 0.6 is 0 Å². The fourth-order valence-electron chi connectivity index (χ4n) is 4.36. The van der Waals surface area contributed by atoms with E-state index in [-0.39, 0.29) is 63.2 Å². The minimum Gasteiger partial charge on any atom is -0.507 e. The molecule has 2 heterocycles. The molecule has 0 spiro atoms. The van der Waals surface area contributed by atoms with Gasteiger partial charge in [-0.05, 0) is 39.4 Å². The van der Waals surface area contributed by atoms with E-state index in [2.05, 4.69) is 4.90 Å². The van der Waals surface area contributed by atoms with Gasteiger partial charge in [0.2, 0.25) is 0 Å². The molecule has 2 aliphatic heterocycles. The molecule has 1 amide bonds. The van der Waals surface area contributed by atoms with E-state index < -0.39 is 11.9 Å². The summed E-state index contributed by atoms with van der Waals surface area (Å²) in [6.45, 7) is 7.40. The van der Waals surface area contributed by atoms with Crippen molar-refractivity contribution in [2.75, 3.05) is 39.8 Å². The van der Waals surface area contributed by atoms with Gasteiger partial charge in [0.05, 0.1) is 23.3 Å². The third-order valence-electron chi connectivity index (χ3n) is 6.39. The first-order valence-corrected chi connectivity index (χ1v) is 11.3. The van der Waals surface area contributed by atoms with E-state index in [1.165, 1.54) is 6.07 Å². The average molecular weight is 485 g/mol. The second-order valence-corrected chi connectivity index (χ2v) is 8.66. The van der Waals surface area contributed by atoms with Crippen molar-refractivity contribution >= 4 is 18.2 Å². The molecular formula is C25H28N2O8. The maximum atomic E-state index is 13.5. The number of benzene rings is 2. The smallest absolute Gasteiger partial charge is 0.347 e. The van der Waals surface area contributed by atoms with Gasteiger partial charge in [0.1, 0.15) is 17.1 Å². The molecule has 0 atom stereocenters. The number of amides is 1. The number of phenols is 2. The third kappa shape index (κ3) is 4.19. The van der Waals surface area contributed by atoms with Crippen LogP contribution in [0.1, 0.15) is 54.7 Å². The van der Waals surface area contributed by atoms with Gasteiger partial charge in [-0.2, -0.15) is 0 Å². The Balaban J connectivity index is 1.94. The van der Waals surface area contributed by atoms with Gasteiger partial charge >= 0.3 is 5.97 Å². The van der Waals surface area contributed by atoms with Gasteiger partial charge in [-0.15, -0.1) is 0 Å². The predicted molar refractivity (Wildman–Crippen MR) is 125 cm³/mol. The van der Waals surface area contributed by atoms with Crippen LogP contribution in [0.5, 0.6) is 28.7 Å². The number of aldehydes is 1. The summed E-state index contributed by atoms with van der Waals surface area (Å²) in [5.74, 6) is -2.20. The number of rotatable bonds is 5. The van der Waals surface area contributed by atoms with E-state index in [9.17, 15) is 24.6 Å². The lowest BCUT2D eigenvalue weighted by Gasteiger charge is -2.33. The molecule has 0 radical (unpaired) electrons. The molecule has 10 heteroatoms. The zero-order valence-corrected chi connectivity index (χ0v) is 20.1. The Morgan fingerprint density at radius 3 is 2.43 bits per heavy atom. The number of fused-ring (bicyclic) bond motifs is 2. The lowest BCUT2D eigenvalue weighted by molar-refractivity contribution is 0.0658. The summed E-state index contributed by atoms with van der Waals surface area (Å²) in [7, 11) is 1.97. The monoisotopic (exact) mass is 484 g/mol. The summed E-state index contributed by atoms with van der Waals surface area (Å²) in [6.07, 6.45) is 0.388. The Bertz CT molecular complexity index is 1220. The number of esters is 1. The van der Waals surface area contributed by atoms with E-state index in [1.54, 1.807) is 25.7 Å². The number of piperazine rings is 1.